The molecule has 130 valence electrons. The molecule has 0 aliphatic rings. The number of nitrogens with zero attached hydrogens (tertiary/aromatic N) is 2. The molecule has 0 bridgehead atoms. The molecule has 0 saturated carbocycles. The number of benzene rings is 1. The highest BCUT2D eigenvalue weighted by Gasteiger charge is 2.16. The van der Waals surface area contributed by atoms with Crippen LogP contribution in [-0.2, 0) is 21.3 Å². The summed E-state index contributed by atoms with van der Waals surface area (Å²) in [5.74, 6) is 0.557. The molecular formula is C17H23N3O3S. The minimum Gasteiger partial charge on any atom is -0.353 e. The summed E-state index contributed by atoms with van der Waals surface area (Å²) in [7, 11) is -1.38. The van der Waals surface area contributed by atoms with Crippen molar-refractivity contribution in [2.75, 3.05) is 5.75 Å². The van der Waals surface area contributed by atoms with Crippen molar-refractivity contribution < 1.29 is 13.5 Å². The van der Waals surface area contributed by atoms with E-state index in [9.17, 15) is 9.00 Å². The Hall–Kier alpha value is -2.02. The smallest absolute Gasteiger partial charge is 0.239 e. The first-order valence-electron chi connectivity index (χ1n) is 8.05. The van der Waals surface area contributed by atoms with Crippen LogP contribution in [0.1, 0.15) is 38.1 Å². The van der Waals surface area contributed by atoms with Gasteiger partial charge in [0, 0.05) is 22.4 Å². The summed E-state index contributed by atoms with van der Waals surface area (Å²) in [5.41, 5.74) is 1.95. The Labute approximate surface area is 144 Å². The lowest BCUT2D eigenvalue weighted by Gasteiger charge is -2.14. The number of carbonyl (C=O) groups excluding carboxylic acids is 1. The average Bonchev–Trinajstić information content (AvgIpc) is 3.00. The number of nitrogens with one attached hydrogen (secondary N) is 1. The summed E-state index contributed by atoms with van der Waals surface area (Å²) in [4.78, 5) is 16.1. The van der Waals surface area contributed by atoms with Crippen molar-refractivity contribution in [2.24, 2.45) is 0 Å². The topological polar surface area (TPSA) is 85.1 Å². The zero-order chi connectivity index (χ0) is 17.5. The molecule has 1 aromatic carbocycles. The molecular weight excluding hydrogens is 326 g/mol. The maximum Gasteiger partial charge on any atom is 0.239 e. The van der Waals surface area contributed by atoms with Gasteiger partial charge in [-0.25, -0.2) is 0 Å². The van der Waals surface area contributed by atoms with Gasteiger partial charge in [-0.05, 0) is 25.8 Å². The lowest BCUT2D eigenvalue weighted by molar-refractivity contribution is -0.119. The van der Waals surface area contributed by atoms with Gasteiger partial charge < -0.3 is 9.84 Å². The lowest BCUT2D eigenvalue weighted by atomic mass is 10.1. The van der Waals surface area contributed by atoms with Gasteiger partial charge in [0.2, 0.25) is 17.6 Å². The number of aryl methyl sites for hydroxylation is 1. The zero-order valence-electron chi connectivity index (χ0n) is 14.2. The van der Waals surface area contributed by atoms with Crippen LogP contribution in [0, 0.1) is 6.92 Å². The van der Waals surface area contributed by atoms with Crippen LogP contribution in [0.15, 0.2) is 28.8 Å². The number of hydrogen-bond donors (Lipinski definition) is 1. The summed E-state index contributed by atoms with van der Waals surface area (Å²) in [6, 6.07) is 7.88. The fourth-order valence-corrected chi connectivity index (χ4v) is 3.18. The van der Waals surface area contributed by atoms with Crippen LogP contribution in [-0.4, -0.2) is 32.1 Å². The molecule has 1 amide bonds. The maximum absolute atomic E-state index is 12.1. The number of carbonyl (C=O) groups is 1. The van der Waals surface area contributed by atoms with Crippen LogP contribution < -0.4 is 5.32 Å². The quantitative estimate of drug-likeness (QED) is 0.792. The van der Waals surface area contributed by atoms with E-state index in [0.29, 0.717) is 5.82 Å². The molecule has 1 atom stereocenters. The predicted octanol–water partition coefficient (Wildman–Crippen LogP) is 2.60. The third kappa shape index (κ3) is 5.26. The highest BCUT2D eigenvalue weighted by Crippen LogP contribution is 2.17. The Morgan fingerprint density at radius 3 is 2.75 bits per heavy atom. The minimum absolute atomic E-state index is 0.0569. The first-order valence-corrected chi connectivity index (χ1v) is 9.54. The second kappa shape index (κ2) is 8.73. The Kier molecular flexibility index (Phi) is 6.66. The molecule has 24 heavy (non-hydrogen) atoms. The zero-order valence-corrected chi connectivity index (χ0v) is 15.1. The molecule has 0 aliphatic heterocycles. The van der Waals surface area contributed by atoms with E-state index < -0.39 is 10.8 Å². The van der Waals surface area contributed by atoms with Crippen LogP contribution >= 0.6 is 0 Å². The van der Waals surface area contributed by atoms with Crippen LogP contribution in [0.3, 0.4) is 0 Å². The van der Waals surface area contributed by atoms with Gasteiger partial charge in [-0.1, -0.05) is 42.8 Å². The fraction of sp³-hybridized carbons (Fsp3) is 0.471. The van der Waals surface area contributed by atoms with E-state index in [1.165, 1.54) is 0 Å². The van der Waals surface area contributed by atoms with Crippen molar-refractivity contribution in [2.45, 2.75) is 45.4 Å². The third-order valence-electron chi connectivity index (χ3n) is 3.67. The number of amides is 1. The molecule has 7 heteroatoms. The molecule has 0 radical (unpaired) electrons. The second-order valence-electron chi connectivity index (χ2n) is 5.69. The van der Waals surface area contributed by atoms with Gasteiger partial charge in [-0.15, -0.1) is 0 Å². The SMILES string of the molecule is CCC(CC)NC(=O)C[S@@](=O)Cc1nc(-c2cccc(C)c2)no1. The Bertz CT molecular complexity index is 711. The molecule has 0 aliphatic carbocycles. The average molecular weight is 349 g/mol. The van der Waals surface area contributed by atoms with E-state index in [1.54, 1.807) is 0 Å². The second-order valence-corrected chi connectivity index (χ2v) is 7.15. The molecule has 6 nitrogen and oxygen atoms in total. The van der Waals surface area contributed by atoms with E-state index in [2.05, 4.69) is 15.5 Å². The van der Waals surface area contributed by atoms with Crippen molar-refractivity contribution in [3.63, 3.8) is 0 Å². The Morgan fingerprint density at radius 1 is 1.33 bits per heavy atom. The van der Waals surface area contributed by atoms with E-state index in [-0.39, 0.29) is 29.3 Å². The summed E-state index contributed by atoms with van der Waals surface area (Å²) >= 11 is 0. The molecule has 0 spiro atoms. The third-order valence-corrected chi connectivity index (χ3v) is 4.82. The first kappa shape index (κ1) is 18.3. The van der Waals surface area contributed by atoms with Crippen molar-refractivity contribution in [1.82, 2.24) is 15.5 Å². The van der Waals surface area contributed by atoms with Crippen molar-refractivity contribution in [1.29, 1.82) is 0 Å². The van der Waals surface area contributed by atoms with Gasteiger partial charge >= 0.3 is 0 Å². The van der Waals surface area contributed by atoms with Crippen molar-refractivity contribution in [3.8, 4) is 11.4 Å². The summed E-state index contributed by atoms with van der Waals surface area (Å²) in [5, 5.41) is 6.79. The Morgan fingerprint density at radius 2 is 2.08 bits per heavy atom. The van der Waals surface area contributed by atoms with Gasteiger partial charge in [0.15, 0.2) is 0 Å². The molecule has 2 aromatic rings. The van der Waals surface area contributed by atoms with Gasteiger partial charge in [0.25, 0.3) is 0 Å². The molecule has 1 aromatic heterocycles. The predicted molar refractivity (Wildman–Crippen MR) is 93.7 cm³/mol. The molecule has 0 unspecified atom stereocenters. The normalized spacial score (nSPS) is 12.3. The largest absolute Gasteiger partial charge is 0.353 e. The highest BCUT2D eigenvalue weighted by molar-refractivity contribution is 7.84. The van der Waals surface area contributed by atoms with E-state index in [0.717, 1.165) is 24.0 Å². The van der Waals surface area contributed by atoms with Crippen molar-refractivity contribution in [3.05, 3.63) is 35.7 Å². The van der Waals surface area contributed by atoms with Gasteiger partial charge in [-0.3, -0.25) is 9.00 Å². The first-order chi connectivity index (χ1) is 11.5. The van der Waals surface area contributed by atoms with Gasteiger partial charge in [-0.2, -0.15) is 4.98 Å². The van der Waals surface area contributed by atoms with Crippen LogP contribution in [0.4, 0.5) is 0 Å². The molecule has 0 fully saturated rings. The summed E-state index contributed by atoms with van der Waals surface area (Å²) in [6.07, 6.45) is 1.72. The monoisotopic (exact) mass is 349 g/mol. The van der Waals surface area contributed by atoms with E-state index >= 15 is 0 Å². The Balaban J connectivity index is 1.92. The lowest BCUT2D eigenvalue weighted by Crippen LogP contribution is -2.36. The van der Waals surface area contributed by atoms with Crippen LogP contribution in [0.2, 0.25) is 0 Å². The minimum atomic E-state index is -1.38. The summed E-state index contributed by atoms with van der Waals surface area (Å²) < 4.78 is 17.3. The molecule has 2 rings (SSSR count). The van der Waals surface area contributed by atoms with Gasteiger partial charge in [0.1, 0.15) is 11.5 Å². The molecule has 1 N–H and O–H groups in total. The number of hydrogen-bond acceptors (Lipinski definition) is 5. The highest BCUT2D eigenvalue weighted by atomic mass is 32.2. The molecule has 0 saturated heterocycles. The van der Waals surface area contributed by atoms with Crippen molar-refractivity contribution >= 4 is 16.7 Å². The van der Waals surface area contributed by atoms with E-state index in [1.807, 2.05) is 45.0 Å². The number of rotatable bonds is 8. The van der Waals surface area contributed by atoms with Gasteiger partial charge in [0.05, 0.1) is 0 Å². The maximum atomic E-state index is 12.1. The van der Waals surface area contributed by atoms with E-state index in [4.69, 9.17) is 4.52 Å². The van der Waals surface area contributed by atoms with Crippen LogP contribution in [0.25, 0.3) is 11.4 Å². The standard InChI is InChI=1S/C17H23N3O3S/c1-4-14(5-2)18-15(21)10-24(22)11-16-19-17(20-23-16)13-8-6-7-12(3)9-13/h6-9,14H,4-5,10-11H2,1-3H3,(H,18,21)/t24-/m1/s1. The fourth-order valence-electron chi connectivity index (χ4n) is 2.31. The van der Waals surface area contributed by atoms with Crippen LogP contribution in [0.5, 0.6) is 0 Å². The summed E-state index contributed by atoms with van der Waals surface area (Å²) in [6.45, 7) is 6.01. The number of aromatic nitrogens is 2. The molecule has 1 heterocycles.